The molecule has 0 unspecified atom stereocenters. The lowest BCUT2D eigenvalue weighted by molar-refractivity contribution is -0.117. The maximum Gasteiger partial charge on any atom is 0.247 e. The van der Waals surface area contributed by atoms with Gasteiger partial charge in [-0.25, -0.2) is 0 Å². The van der Waals surface area contributed by atoms with Gasteiger partial charge in [-0.1, -0.05) is 25.1 Å². The fourth-order valence-electron chi connectivity index (χ4n) is 2.73. The Morgan fingerprint density at radius 3 is 2.24 bits per heavy atom. The van der Waals surface area contributed by atoms with Gasteiger partial charge in [0.25, 0.3) is 0 Å². The molecule has 8 nitrogen and oxygen atoms in total. The third kappa shape index (κ3) is 5.98. The molecule has 0 radical (unpaired) electrons. The average molecular weight is 393 g/mol. The van der Waals surface area contributed by atoms with E-state index in [1.165, 1.54) is 6.92 Å². The van der Waals surface area contributed by atoms with Gasteiger partial charge < -0.3 is 15.1 Å². The van der Waals surface area contributed by atoms with Crippen molar-refractivity contribution in [2.24, 2.45) is 0 Å². The van der Waals surface area contributed by atoms with Crippen LogP contribution in [0.2, 0.25) is 0 Å². The molecule has 0 saturated carbocycles. The first-order valence-corrected chi connectivity index (χ1v) is 9.31. The number of nitrogens with zero attached hydrogens (tertiary/aromatic N) is 3. The number of anilines is 2. The van der Waals surface area contributed by atoms with Crippen LogP contribution in [0.25, 0.3) is 11.5 Å². The lowest BCUT2D eigenvalue weighted by Gasteiger charge is -2.17. The highest BCUT2D eigenvalue weighted by Crippen LogP contribution is 2.18. The van der Waals surface area contributed by atoms with Crippen LogP contribution in [0.15, 0.2) is 59.0 Å². The number of hydrogen-bond donors (Lipinski definition) is 2. The number of carbonyl (C=O) groups is 2. The van der Waals surface area contributed by atoms with Gasteiger partial charge in [-0.15, -0.1) is 10.2 Å². The van der Waals surface area contributed by atoms with Crippen molar-refractivity contribution in [3.63, 3.8) is 0 Å². The van der Waals surface area contributed by atoms with Gasteiger partial charge in [-0.3, -0.25) is 14.5 Å². The van der Waals surface area contributed by atoms with E-state index in [9.17, 15) is 9.59 Å². The molecule has 0 aliphatic carbocycles. The van der Waals surface area contributed by atoms with Crippen LogP contribution in [0.5, 0.6) is 0 Å². The van der Waals surface area contributed by atoms with Gasteiger partial charge >= 0.3 is 0 Å². The minimum atomic E-state index is -0.151. The SMILES string of the molecule is CCN(CC(=O)Nc1ccc(NC(C)=O)cc1)Cc1nnc(-c2ccccc2)o1. The zero-order chi connectivity index (χ0) is 20.6. The molecular formula is C21H23N5O3. The second kappa shape index (κ2) is 9.61. The maximum atomic E-state index is 12.4. The summed E-state index contributed by atoms with van der Waals surface area (Å²) in [5.74, 6) is 0.622. The maximum absolute atomic E-state index is 12.4. The number of hydrogen-bond acceptors (Lipinski definition) is 6. The molecule has 29 heavy (non-hydrogen) atoms. The zero-order valence-electron chi connectivity index (χ0n) is 16.4. The van der Waals surface area contributed by atoms with Gasteiger partial charge in [0.2, 0.25) is 23.6 Å². The smallest absolute Gasteiger partial charge is 0.247 e. The van der Waals surface area contributed by atoms with Gasteiger partial charge in [0.15, 0.2) is 0 Å². The molecule has 3 rings (SSSR count). The molecule has 8 heteroatoms. The van der Waals surface area contributed by atoms with E-state index < -0.39 is 0 Å². The molecule has 0 atom stereocenters. The average Bonchev–Trinajstić information content (AvgIpc) is 3.18. The molecule has 2 aromatic carbocycles. The van der Waals surface area contributed by atoms with Gasteiger partial charge in [-0.2, -0.15) is 0 Å². The summed E-state index contributed by atoms with van der Waals surface area (Å²) in [7, 11) is 0. The summed E-state index contributed by atoms with van der Waals surface area (Å²) in [6, 6.07) is 16.5. The first-order valence-electron chi connectivity index (χ1n) is 9.31. The molecule has 150 valence electrons. The summed E-state index contributed by atoms with van der Waals surface area (Å²) >= 11 is 0. The lowest BCUT2D eigenvalue weighted by atomic mass is 10.2. The third-order valence-electron chi connectivity index (χ3n) is 4.15. The van der Waals surface area contributed by atoms with Crippen molar-refractivity contribution in [2.75, 3.05) is 23.7 Å². The topological polar surface area (TPSA) is 100 Å². The molecule has 0 fully saturated rings. The molecule has 2 amide bonds. The highest BCUT2D eigenvalue weighted by Gasteiger charge is 2.15. The van der Waals surface area contributed by atoms with E-state index in [4.69, 9.17) is 4.42 Å². The molecule has 0 bridgehead atoms. The van der Waals surface area contributed by atoms with Crippen LogP contribution in [-0.4, -0.2) is 40.0 Å². The number of carbonyl (C=O) groups excluding carboxylic acids is 2. The van der Waals surface area contributed by atoms with Gasteiger partial charge in [0, 0.05) is 23.9 Å². The molecule has 1 heterocycles. The van der Waals surface area contributed by atoms with E-state index in [1.54, 1.807) is 24.3 Å². The predicted molar refractivity (Wildman–Crippen MR) is 110 cm³/mol. The molecule has 0 saturated heterocycles. The molecule has 0 spiro atoms. The van der Waals surface area contributed by atoms with Crippen LogP contribution >= 0.6 is 0 Å². The molecule has 1 aromatic heterocycles. The van der Waals surface area contributed by atoms with Gasteiger partial charge in [-0.05, 0) is 42.9 Å². The van der Waals surface area contributed by atoms with Crippen LogP contribution < -0.4 is 10.6 Å². The van der Waals surface area contributed by atoms with Crippen molar-refractivity contribution in [1.82, 2.24) is 15.1 Å². The minimum absolute atomic E-state index is 0.142. The summed E-state index contributed by atoms with van der Waals surface area (Å²) in [5.41, 5.74) is 2.19. The highest BCUT2D eigenvalue weighted by molar-refractivity contribution is 5.93. The molecule has 2 N–H and O–H groups in total. The number of benzene rings is 2. The van der Waals surface area contributed by atoms with Crippen LogP contribution in [-0.2, 0) is 16.1 Å². The van der Waals surface area contributed by atoms with Crippen molar-refractivity contribution in [3.05, 3.63) is 60.5 Å². The Kier molecular flexibility index (Phi) is 6.70. The largest absolute Gasteiger partial charge is 0.419 e. The lowest BCUT2D eigenvalue weighted by Crippen LogP contribution is -2.32. The summed E-state index contributed by atoms with van der Waals surface area (Å²) < 4.78 is 5.72. The van der Waals surface area contributed by atoms with E-state index in [0.29, 0.717) is 36.2 Å². The van der Waals surface area contributed by atoms with Gasteiger partial charge in [0.1, 0.15) is 0 Å². The second-order valence-electron chi connectivity index (χ2n) is 6.48. The quantitative estimate of drug-likeness (QED) is 0.610. The first kappa shape index (κ1) is 20.2. The van der Waals surface area contributed by atoms with Gasteiger partial charge in [0.05, 0.1) is 13.1 Å². The molecule has 0 aliphatic heterocycles. The van der Waals surface area contributed by atoms with Crippen LogP contribution in [0.4, 0.5) is 11.4 Å². The molecule has 0 aliphatic rings. The highest BCUT2D eigenvalue weighted by atomic mass is 16.4. The Balaban J connectivity index is 1.55. The minimum Gasteiger partial charge on any atom is -0.419 e. The van der Waals surface area contributed by atoms with Crippen molar-refractivity contribution in [2.45, 2.75) is 20.4 Å². The van der Waals surface area contributed by atoms with E-state index in [0.717, 1.165) is 5.56 Å². The summed E-state index contributed by atoms with van der Waals surface area (Å²) in [6.07, 6.45) is 0. The zero-order valence-corrected chi connectivity index (χ0v) is 16.4. The summed E-state index contributed by atoms with van der Waals surface area (Å²) in [4.78, 5) is 25.3. The standard InChI is InChI=1S/C21H23N5O3/c1-3-26(14-20-24-25-21(29-20)16-7-5-4-6-8-16)13-19(28)23-18-11-9-17(10-12-18)22-15(2)27/h4-12H,3,13-14H2,1-2H3,(H,22,27)(H,23,28). The van der Waals surface area contributed by atoms with Crippen LogP contribution in [0.3, 0.4) is 0 Å². The van der Waals surface area contributed by atoms with E-state index in [-0.39, 0.29) is 18.4 Å². The normalized spacial score (nSPS) is 10.7. The number of aromatic nitrogens is 2. The van der Waals surface area contributed by atoms with E-state index >= 15 is 0 Å². The first-order chi connectivity index (χ1) is 14.0. The number of amides is 2. The van der Waals surface area contributed by atoms with Crippen molar-refractivity contribution in [3.8, 4) is 11.5 Å². The molecular weight excluding hydrogens is 370 g/mol. The predicted octanol–water partition coefficient (Wildman–Crippen LogP) is 3.16. The van der Waals surface area contributed by atoms with Crippen molar-refractivity contribution in [1.29, 1.82) is 0 Å². The van der Waals surface area contributed by atoms with Crippen molar-refractivity contribution >= 4 is 23.2 Å². The Morgan fingerprint density at radius 1 is 0.966 bits per heavy atom. The van der Waals surface area contributed by atoms with Crippen LogP contribution in [0, 0.1) is 0 Å². The Hall–Kier alpha value is -3.52. The van der Waals surface area contributed by atoms with Crippen molar-refractivity contribution < 1.29 is 14.0 Å². The van der Waals surface area contributed by atoms with E-state index in [1.807, 2.05) is 42.2 Å². The Labute approximate surface area is 168 Å². The Morgan fingerprint density at radius 2 is 1.62 bits per heavy atom. The van der Waals surface area contributed by atoms with E-state index in [2.05, 4.69) is 20.8 Å². The summed E-state index contributed by atoms with van der Waals surface area (Å²) in [6.45, 7) is 4.63. The monoisotopic (exact) mass is 393 g/mol. The third-order valence-corrected chi connectivity index (χ3v) is 4.15. The molecule has 3 aromatic rings. The number of rotatable bonds is 8. The van der Waals surface area contributed by atoms with Crippen LogP contribution in [0.1, 0.15) is 19.7 Å². The Bertz CT molecular complexity index is 954. The summed E-state index contributed by atoms with van der Waals surface area (Å²) in [5, 5.41) is 13.7. The fraction of sp³-hybridized carbons (Fsp3) is 0.238. The number of nitrogens with one attached hydrogen (secondary N) is 2. The second-order valence-corrected chi connectivity index (χ2v) is 6.48. The number of likely N-dealkylation sites (N-methyl/N-ethyl adjacent to an activating group) is 1. The fourth-order valence-corrected chi connectivity index (χ4v) is 2.73.